The van der Waals surface area contributed by atoms with Gasteiger partial charge in [0.2, 0.25) is 5.91 Å². The summed E-state index contributed by atoms with van der Waals surface area (Å²) in [5.41, 5.74) is 0.827. The molecule has 0 radical (unpaired) electrons. The van der Waals surface area contributed by atoms with E-state index < -0.39 is 0 Å². The molecule has 0 saturated carbocycles. The van der Waals surface area contributed by atoms with Crippen LogP contribution in [0.1, 0.15) is 25.8 Å². The molecule has 0 N–H and O–H groups in total. The van der Waals surface area contributed by atoms with Crippen molar-refractivity contribution >= 4 is 21.8 Å². The van der Waals surface area contributed by atoms with Crippen LogP contribution in [0.25, 0.3) is 0 Å². The Bertz CT molecular complexity index is 461. The molecule has 18 heavy (non-hydrogen) atoms. The van der Waals surface area contributed by atoms with Crippen molar-refractivity contribution in [3.05, 3.63) is 34.1 Å². The highest BCUT2D eigenvalue weighted by molar-refractivity contribution is 9.10. The van der Waals surface area contributed by atoms with Crippen molar-refractivity contribution in [3.63, 3.8) is 0 Å². The molecule has 0 aromatic heterocycles. The van der Waals surface area contributed by atoms with Gasteiger partial charge in [0, 0.05) is 19.5 Å². The maximum Gasteiger partial charge on any atom is 0.223 e. The smallest absolute Gasteiger partial charge is 0.223 e. The molecule has 1 amide bonds. The van der Waals surface area contributed by atoms with Crippen molar-refractivity contribution in [1.82, 2.24) is 4.90 Å². The van der Waals surface area contributed by atoms with Crippen molar-refractivity contribution < 1.29 is 9.18 Å². The molecule has 4 heteroatoms. The first-order valence-corrected chi connectivity index (χ1v) is 6.99. The summed E-state index contributed by atoms with van der Waals surface area (Å²) in [7, 11) is 0. The van der Waals surface area contributed by atoms with E-state index in [2.05, 4.69) is 29.8 Å². The van der Waals surface area contributed by atoms with Gasteiger partial charge in [0.1, 0.15) is 5.82 Å². The fraction of sp³-hybridized carbons (Fsp3) is 0.500. The molecule has 1 heterocycles. The summed E-state index contributed by atoms with van der Waals surface area (Å²) in [5.74, 6) is 0.823. The molecular weight excluding hydrogens is 297 g/mol. The van der Waals surface area contributed by atoms with Gasteiger partial charge in [0.15, 0.2) is 0 Å². The quantitative estimate of drug-likeness (QED) is 0.835. The van der Waals surface area contributed by atoms with E-state index in [1.807, 2.05) is 11.0 Å². The number of halogens is 2. The van der Waals surface area contributed by atoms with E-state index >= 15 is 0 Å². The van der Waals surface area contributed by atoms with Crippen LogP contribution in [0.15, 0.2) is 22.7 Å². The van der Waals surface area contributed by atoms with E-state index in [-0.39, 0.29) is 11.7 Å². The Balaban J connectivity index is 2.10. The highest BCUT2D eigenvalue weighted by Crippen LogP contribution is 2.28. The lowest BCUT2D eigenvalue weighted by atomic mass is 9.95. The molecule has 1 fully saturated rings. The summed E-state index contributed by atoms with van der Waals surface area (Å²) in [6.45, 7) is 5.54. The van der Waals surface area contributed by atoms with Crippen LogP contribution >= 0.6 is 15.9 Å². The highest BCUT2D eigenvalue weighted by atomic mass is 79.9. The normalized spacial score (nSPS) is 19.9. The second-order valence-electron chi connectivity index (χ2n) is 5.20. The molecule has 1 aliphatic rings. The van der Waals surface area contributed by atoms with Crippen LogP contribution in [0, 0.1) is 17.7 Å². The molecule has 0 bridgehead atoms. The maximum atomic E-state index is 13.4. The molecule has 2 rings (SSSR count). The maximum absolute atomic E-state index is 13.4. The predicted octanol–water partition coefficient (Wildman–Crippen LogP) is 3.59. The SMILES string of the molecule is CC(C)C1CC(=O)N(Cc2cccc(F)c2Br)C1. The van der Waals surface area contributed by atoms with Crippen LogP contribution in [0.4, 0.5) is 4.39 Å². The monoisotopic (exact) mass is 313 g/mol. The summed E-state index contributed by atoms with van der Waals surface area (Å²) in [6.07, 6.45) is 0.616. The summed E-state index contributed by atoms with van der Waals surface area (Å²) in [6, 6.07) is 4.94. The first-order chi connectivity index (χ1) is 8.49. The second kappa shape index (κ2) is 5.39. The zero-order valence-electron chi connectivity index (χ0n) is 10.6. The van der Waals surface area contributed by atoms with Gasteiger partial charge in [-0.15, -0.1) is 0 Å². The standard InChI is InChI=1S/C14H17BrFNO/c1-9(2)11-6-13(18)17(8-11)7-10-4-3-5-12(16)14(10)15/h3-5,9,11H,6-8H2,1-2H3. The Morgan fingerprint density at radius 2 is 2.22 bits per heavy atom. The summed E-state index contributed by atoms with van der Waals surface area (Å²) in [4.78, 5) is 13.7. The number of carbonyl (C=O) groups excluding carboxylic acids is 1. The van der Waals surface area contributed by atoms with Gasteiger partial charge in [-0.3, -0.25) is 4.79 Å². The lowest BCUT2D eigenvalue weighted by molar-refractivity contribution is -0.128. The van der Waals surface area contributed by atoms with Gasteiger partial charge >= 0.3 is 0 Å². The Morgan fingerprint density at radius 1 is 1.50 bits per heavy atom. The predicted molar refractivity (Wildman–Crippen MR) is 72.5 cm³/mol. The molecule has 0 aliphatic carbocycles. The van der Waals surface area contributed by atoms with Gasteiger partial charge in [-0.05, 0) is 39.4 Å². The van der Waals surface area contributed by atoms with E-state index in [0.29, 0.717) is 29.3 Å². The average molecular weight is 314 g/mol. The number of hydrogen-bond donors (Lipinski definition) is 0. The van der Waals surface area contributed by atoms with E-state index in [1.54, 1.807) is 6.07 Å². The fourth-order valence-corrected chi connectivity index (χ4v) is 2.67. The van der Waals surface area contributed by atoms with Crippen molar-refractivity contribution in [2.75, 3.05) is 6.54 Å². The third kappa shape index (κ3) is 2.74. The van der Waals surface area contributed by atoms with Crippen molar-refractivity contribution in [2.45, 2.75) is 26.8 Å². The van der Waals surface area contributed by atoms with Crippen molar-refractivity contribution in [3.8, 4) is 0 Å². The number of carbonyl (C=O) groups is 1. The zero-order chi connectivity index (χ0) is 13.3. The molecule has 2 nitrogen and oxygen atoms in total. The van der Waals surface area contributed by atoms with Crippen LogP contribution in [-0.4, -0.2) is 17.4 Å². The topological polar surface area (TPSA) is 20.3 Å². The largest absolute Gasteiger partial charge is 0.338 e. The molecule has 1 aromatic carbocycles. The molecule has 1 aromatic rings. The van der Waals surface area contributed by atoms with Crippen LogP contribution in [0.5, 0.6) is 0 Å². The van der Waals surface area contributed by atoms with E-state index in [4.69, 9.17) is 0 Å². The first kappa shape index (κ1) is 13.5. The number of benzene rings is 1. The van der Waals surface area contributed by atoms with Crippen LogP contribution in [-0.2, 0) is 11.3 Å². The molecule has 0 spiro atoms. The first-order valence-electron chi connectivity index (χ1n) is 6.19. The molecule has 1 unspecified atom stereocenters. The highest BCUT2D eigenvalue weighted by Gasteiger charge is 2.31. The third-order valence-electron chi connectivity index (χ3n) is 3.58. The molecule has 1 atom stereocenters. The number of nitrogens with zero attached hydrogens (tertiary/aromatic N) is 1. The van der Waals surface area contributed by atoms with Crippen molar-refractivity contribution in [1.29, 1.82) is 0 Å². The van der Waals surface area contributed by atoms with Crippen LogP contribution in [0.2, 0.25) is 0 Å². The zero-order valence-corrected chi connectivity index (χ0v) is 12.2. The second-order valence-corrected chi connectivity index (χ2v) is 5.99. The van der Waals surface area contributed by atoms with Gasteiger partial charge < -0.3 is 4.90 Å². The minimum absolute atomic E-state index is 0.171. The minimum atomic E-state index is -0.278. The summed E-state index contributed by atoms with van der Waals surface area (Å²) in [5, 5.41) is 0. The van der Waals surface area contributed by atoms with Gasteiger partial charge in [0.05, 0.1) is 4.47 Å². The lowest BCUT2D eigenvalue weighted by Crippen LogP contribution is -2.25. The molecule has 98 valence electrons. The number of amides is 1. The summed E-state index contributed by atoms with van der Waals surface area (Å²) >= 11 is 3.24. The summed E-state index contributed by atoms with van der Waals surface area (Å²) < 4.78 is 13.9. The third-order valence-corrected chi connectivity index (χ3v) is 4.47. The Morgan fingerprint density at radius 3 is 2.83 bits per heavy atom. The molecule has 1 aliphatic heterocycles. The van der Waals surface area contributed by atoms with Gasteiger partial charge in [-0.2, -0.15) is 0 Å². The van der Waals surface area contributed by atoms with Crippen LogP contribution in [0.3, 0.4) is 0 Å². The van der Waals surface area contributed by atoms with E-state index in [0.717, 1.165) is 12.1 Å². The van der Waals surface area contributed by atoms with E-state index in [1.165, 1.54) is 6.07 Å². The van der Waals surface area contributed by atoms with E-state index in [9.17, 15) is 9.18 Å². The van der Waals surface area contributed by atoms with Crippen LogP contribution < -0.4 is 0 Å². The number of likely N-dealkylation sites (tertiary alicyclic amines) is 1. The van der Waals surface area contributed by atoms with Crippen molar-refractivity contribution in [2.24, 2.45) is 11.8 Å². The molecule has 1 saturated heterocycles. The fourth-order valence-electron chi connectivity index (χ4n) is 2.28. The minimum Gasteiger partial charge on any atom is -0.338 e. The Labute approximate surface area is 115 Å². The lowest BCUT2D eigenvalue weighted by Gasteiger charge is -2.19. The average Bonchev–Trinajstić information content (AvgIpc) is 2.67. The Kier molecular flexibility index (Phi) is 4.05. The number of rotatable bonds is 3. The molecular formula is C14H17BrFNO. The van der Waals surface area contributed by atoms with Gasteiger partial charge in [-0.25, -0.2) is 4.39 Å². The van der Waals surface area contributed by atoms with Gasteiger partial charge in [-0.1, -0.05) is 26.0 Å². The Hall–Kier alpha value is -0.900. The number of hydrogen-bond acceptors (Lipinski definition) is 1. The van der Waals surface area contributed by atoms with Gasteiger partial charge in [0.25, 0.3) is 0 Å².